The first-order chi connectivity index (χ1) is 11.7. The number of hydrogen-bond donors (Lipinski definition) is 3. The average molecular weight is 330 g/mol. The van der Waals surface area contributed by atoms with Crippen molar-refractivity contribution in [2.75, 3.05) is 19.6 Å². The van der Waals surface area contributed by atoms with Gasteiger partial charge in [0.05, 0.1) is 17.9 Å². The van der Waals surface area contributed by atoms with E-state index in [1.165, 1.54) is 5.69 Å². The Labute approximate surface area is 139 Å². The molecule has 0 unspecified atom stereocenters. The first kappa shape index (κ1) is 15.2. The molecule has 0 aliphatic carbocycles. The average Bonchev–Trinajstić information content (AvgIpc) is 3.09. The molecule has 8 heteroatoms. The first-order valence-electron chi connectivity index (χ1n) is 8.53. The highest BCUT2D eigenvalue weighted by Crippen LogP contribution is 2.13. The third kappa shape index (κ3) is 2.89. The fraction of sp³-hybridized carbons (Fsp3) is 0.562. The predicted molar refractivity (Wildman–Crippen MR) is 87.7 cm³/mol. The summed E-state index contributed by atoms with van der Waals surface area (Å²) in [6.07, 6.45) is 2.45. The molecule has 2 aliphatic heterocycles. The van der Waals surface area contributed by atoms with Crippen LogP contribution in [-0.4, -0.2) is 50.4 Å². The summed E-state index contributed by atoms with van der Waals surface area (Å²) in [7, 11) is 0. The lowest BCUT2D eigenvalue weighted by molar-refractivity contribution is -0.131. The fourth-order valence-corrected chi connectivity index (χ4v) is 3.52. The maximum Gasteiger partial charge on any atom is 0.267 e. The third-order valence-electron chi connectivity index (χ3n) is 4.90. The molecule has 1 amide bonds. The quantitative estimate of drug-likeness (QED) is 0.711. The molecule has 0 bridgehead atoms. The van der Waals surface area contributed by atoms with Gasteiger partial charge in [-0.2, -0.15) is 5.10 Å². The van der Waals surface area contributed by atoms with E-state index in [2.05, 4.69) is 26.7 Å². The van der Waals surface area contributed by atoms with Crippen LogP contribution in [0.2, 0.25) is 0 Å². The molecule has 24 heavy (non-hydrogen) atoms. The molecule has 2 aromatic heterocycles. The molecule has 8 nitrogen and oxygen atoms in total. The van der Waals surface area contributed by atoms with Crippen LogP contribution >= 0.6 is 0 Å². The molecular weight excluding hydrogens is 308 g/mol. The molecule has 2 aromatic rings. The van der Waals surface area contributed by atoms with E-state index in [1.54, 1.807) is 0 Å². The number of aryl methyl sites for hydroxylation is 1. The lowest BCUT2D eigenvalue weighted by atomic mass is 10.1. The summed E-state index contributed by atoms with van der Waals surface area (Å²) in [5, 5.41) is 13.4. The lowest BCUT2D eigenvalue weighted by Gasteiger charge is -2.20. The monoisotopic (exact) mass is 330 g/mol. The predicted octanol–water partition coefficient (Wildman–Crippen LogP) is -0.437. The van der Waals surface area contributed by atoms with E-state index < -0.39 is 0 Å². The molecule has 0 saturated heterocycles. The number of rotatable bonds is 3. The summed E-state index contributed by atoms with van der Waals surface area (Å²) >= 11 is 0. The number of aromatic amines is 2. The number of amides is 1. The number of aromatic nitrogens is 4. The third-order valence-corrected chi connectivity index (χ3v) is 4.90. The molecule has 0 fully saturated rings. The Morgan fingerprint density at radius 1 is 1.21 bits per heavy atom. The van der Waals surface area contributed by atoms with E-state index in [4.69, 9.17) is 0 Å². The Morgan fingerprint density at radius 2 is 2.08 bits per heavy atom. The minimum atomic E-state index is -0.0588. The number of hydrogen-bond acceptors (Lipinski definition) is 4. The molecule has 3 N–H and O–H groups in total. The lowest BCUT2D eigenvalue weighted by Crippen LogP contribution is -2.33. The van der Waals surface area contributed by atoms with E-state index in [1.807, 2.05) is 9.58 Å². The van der Waals surface area contributed by atoms with Gasteiger partial charge >= 0.3 is 0 Å². The number of fused-ring (bicyclic) bond motifs is 2. The van der Waals surface area contributed by atoms with E-state index in [9.17, 15) is 9.59 Å². The van der Waals surface area contributed by atoms with Crippen LogP contribution in [0.4, 0.5) is 0 Å². The summed E-state index contributed by atoms with van der Waals surface area (Å²) in [6, 6.07) is 2.09. The van der Waals surface area contributed by atoms with Crippen LogP contribution in [0.3, 0.4) is 0 Å². The van der Waals surface area contributed by atoms with Crippen molar-refractivity contribution in [2.24, 2.45) is 0 Å². The van der Waals surface area contributed by atoms with Gasteiger partial charge in [0, 0.05) is 56.7 Å². The van der Waals surface area contributed by atoms with Crippen LogP contribution in [0.5, 0.6) is 0 Å². The second-order valence-electron chi connectivity index (χ2n) is 6.44. The van der Waals surface area contributed by atoms with Crippen LogP contribution < -0.4 is 10.9 Å². The number of carbonyl (C=O) groups excluding carboxylic acids is 1. The SMILES string of the molecule is O=C(CCc1cc2n(n1)CCNC2)N1CCc2[nH][nH]c(=O)c2CC1. The first-order valence-corrected chi connectivity index (χ1v) is 8.53. The van der Waals surface area contributed by atoms with E-state index in [0.717, 1.165) is 36.6 Å². The van der Waals surface area contributed by atoms with Gasteiger partial charge in [-0.1, -0.05) is 0 Å². The summed E-state index contributed by atoms with van der Waals surface area (Å²) in [4.78, 5) is 26.1. The van der Waals surface area contributed by atoms with Gasteiger partial charge in [-0.3, -0.25) is 19.4 Å². The Hall–Kier alpha value is -2.35. The zero-order chi connectivity index (χ0) is 16.5. The van der Waals surface area contributed by atoms with Gasteiger partial charge in [0.2, 0.25) is 5.91 Å². The molecule has 0 aromatic carbocycles. The highest BCUT2D eigenvalue weighted by atomic mass is 16.2. The van der Waals surface area contributed by atoms with Gasteiger partial charge in [-0.05, 0) is 12.5 Å². The molecule has 0 spiro atoms. The standard InChI is InChI=1S/C16H22N6O2/c23-15(2-1-11-9-12-10-17-5-8-22(12)20-11)21-6-3-13-14(4-7-21)18-19-16(13)24/h9,17H,1-8,10H2,(H2,18,19,24). The maximum atomic E-state index is 12.5. The Kier molecular flexibility index (Phi) is 3.97. The van der Waals surface area contributed by atoms with Crippen molar-refractivity contribution in [1.29, 1.82) is 0 Å². The van der Waals surface area contributed by atoms with Gasteiger partial charge in [0.25, 0.3) is 5.56 Å². The van der Waals surface area contributed by atoms with Gasteiger partial charge < -0.3 is 15.3 Å². The van der Waals surface area contributed by atoms with Crippen LogP contribution in [0.15, 0.2) is 10.9 Å². The second kappa shape index (κ2) is 6.27. The van der Waals surface area contributed by atoms with Crippen molar-refractivity contribution >= 4 is 5.91 Å². The number of carbonyl (C=O) groups is 1. The van der Waals surface area contributed by atoms with Crippen molar-refractivity contribution < 1.29 is 4.79 Å². The van der Waals surface area contributed by atoms with Crippen LogP contribution in [0, 0.1) is 0 Å². The highest BCUT2D eigenvalue weighted by Gasteiger charge is 2.21. The van der Waals surface area contributed by atoms with Crippen molar-refractivity contribution in [3.8, 4) is 0 Å². The zero-order valence-electron chi connectivity index (χ0n) is 13.6. The number of nitrogens with one attached hydrogen (secondary N) is 3. The van der Waals surface area contributed by atoms with E-state index in [0.29, 0.717) is 38.8 Å². The topological polar surface area (TPSA) is 98.8 Å². The minimum Gasteiger partial charge on any atom is -0.342 e. The molecule has 128 valence electrons. The second-order valence-corrected chi connectivity index (χ2v) is 6.44. The number of nitrogens with zero attached hydrogens (tertiary/aromatic N) is 3. The summed E-state index contributed by atoms with van der Waals surface area (Å²) in [6.45, 7) is 3.95. The zero-order valence-corrected chi connectivity index (χ0v) is 13.6. The normalized spacial score (nSPS) is 17.2. The Bertz CT molecular complexity index is 778. The fourth-order valence-electron chi connectivity index (χ4n) is 3.52. The summed E-state index contributed by atoms with van der Waals surface area (Å²) in [5.41, 5.74) is 3.84. The Morgan fingerprint density at radius 3 is 2.96 bits per heavy atom. The van der Waals surface area contributed by atoms with Crippen LogP contribution in [0.25, 0.3) is 0 Å². The molecular formula is C16H22N6O2. The molecule has 4 heterocycles. The molecule has 0 radical (unpaired) electrons. The van der Waals surface area contributed by atoms with Gasteiger partial charge in [-0.25, -0.2) is 0 Å². The summed E-state index contributed by atoms with van der Waals surface area (Å²) < 4.78 is 2.03. The van der Waals surface area contributed by atoms with Crippen molar-refractivity contribution in [2.45, 2.75) is 38.8 Å². The van der Waals surface area contributed by atoms with E-state index >= 15 is 0 Å². The molecule has 0 saturated carbocycles. The van der Waals surface area contributed by atoms with Crippen molar-refractivity contribution in [1.82, 2.24) is 30.2 Å². The summed E-state index contributed by atoms with van der Waals surface area (Å²) in [5.74, 6) is 0.140. The molecule has 0 atom stereocenters. The van der Waals surface area contributed by atoms with Crippen molar-refractivity contribution in [3.63, 3.8) is 0 Å². The van der Waals surface area contributed by atoms with Crippen LogP contribution in [-0.2, 0) is 37.1 Å². The van der Waals surface area contributed by atoms with Crippen LogP contribution in [0.1, 0.15) is 29.1 Å². The maximum absolute atomic E-state index is 12.5. The minimum absolute atomic E-state index is 0.0588. The van der Waals surface area contributed by atoms with Gasteiger partial charge in [0.1, 0.15) is 0 Å². The molecule has 2 aliphatic rings. The highest BCUT2D eigenvalue weighted by molar-refractivity contribution is 5.76. The largest absolute Gasteiger partial charge is 0.342 e. The smallest absolute Gasteiger partial charge is 0.267 e. The van der Waals surface area contributed by atoms with Gasteiger partial charge in [0.15, 0.2) is 0 Å². The van der Waals surface area contributed by atoms with E-state index in [-0.39, 0.29) is 11.5 Å². The number of H-pyrrole nitrogens is 2. The molecule has 4 rings (SSSR count). The Balaban J connectivity index is 1.35. The van der Waals surface area contributed by atoms with Crippen molar-refractivity contribution in [3.05, 3.63) is 39.1 Å². The van der Waals surface area contributed by atoms with Gasteiger partial charge in [-0.15, -0.1) is 0 Å².